The first-order valence-electron chi connectivity index (χ1n) is 11.3. The highest BCUT2D eigenvalue weighted by atomic mass is 16.6. The normalized spacial score (nSPS) is 21.5. The number of aryl methyl sites for hydroxylation is 1. The van der Waals surface area contributed by atoms with Crippen LogP contribution in [-0.4, -0.2) is 37.7 Å². The summed E-state index contributed by atoms with van der Waals surface area (Å²) >= 11 is 0. The molecule has 0 spiro atoms. The first-order chi connectivity index (χ1) is 14.9. The lowest BCUT2D eigenvalue weighted by Gasteiger charge is -2.44. The average molecular weight is 419 g/mol. The van der Waals surface area contributed by atoms with Gasteiger partial charge in [-0.2, -0.15) is 0 Å². The van der Waals surface area contributed by atoms with Crippen molar-refractivity contribution >= 4 is 17.1 Å². The maximum absolute atomic E-state index is 13.1. The van der Waals surface area contributed by atoms with Crippen molar-refractivity contribution in [1.82, 2.24) is 19.4 Å². The molecule has 1 fully saturated rings. The summed E-state index contributed by atoms with van der Waals surface area (Å²) in [7, 11) is 0. The molecule has 0 amide bonds. The Morgan fingerprint density at radius 2 is 2.00 bits per heavy atom. The van der Waals surface area contributed by atoms with E-state index in [1.807, 2.05) is 57.3 Å². The topological polar surface area (TPSA) is 60.2 Å². The van der Waals surface area contributed by atoms with Gasteiger partial charge in [-0.3, -0.25) is 9.88 Å². The van der Waals surface area contributed by atoms with Gasteiger partial charge < -0.3 is 4.74 Å². The molecule has 5 rings (SSSR count). The largest absolute Gasteiger partial charge is 0.443 e. The SMILES string of the molecule is CC(C)(C)OC(=O)n1c(CN2CCC[C@@H]3CCc4cccnc4[C@@H]32)nc2ccccc21. The second-order valence-corrected chi connectivity index (χ2v) is 9.74. The second-order valence-electron chi connectivity index (χ2n) is 9.74. The molecule has 1 saturated heterocycles. The van der Waals surface area contributed by atoms with Crippen LogP contribution in [0.4, 0.5) is 4.79 Å². The minimum absolute atomic E-state index is 0.283. The monoisotopic (exact) mass is 418 g/mol. The van der Waals surface area contributed by atoms with Gasteiger partial charge in [0, 0.05) is 6.20 Å². The van der Waals surface area contributed by atoms with Gasteiger partial charge in [-0.05, 0) is 82.7 Å². The molecule has 2 aliphatic rings. The Hall–Kier alpha value is -2.73. The number of hydrogen-bond donors (Lipinski definition) is 0. The maximum atomic E-state index is 13.1. The van der Waals surface area contributed by atoms with Gasteiger partial charge in [-0.1, -0.05) is 18.2 Å². The first-order valence-corrected chi connectivity index (χ1v) is 11.3. The van der Waals surface area contributed by atoms with Gasteiger partial charge in [-0.25, -0.2) is 14.3 Å². The van der Waals surface area contributed by atoms with E-state index in [4.69, 9.17) is 14.7 Å². The third kappa shape index (κ3) is 3.85. The van der Waals surface area contributed by atoms with E-state index >= 15 is 0 Å². The fourth-order valence-corrected chi connectivity index (χ4v) is 5.17. The molecule has 0 unspecified atom stereocenters. The van der Waals surface area contributed by atoms with E-state index in [1.165, 1.54) is 24.1 Å². The lowest BCUT2D eigenvalue weighted by atomic mass is 9.77. The number of para-hydroxylation sites is 2. The zero-order chi connectivity index (χ0) is 21.6. The van der Waals surface area contributed by atoms with Crippen LogP contribution in [0.25, 0.3) is 11.0 Å². The smallest absolute Gasteiger partial charge is 0.420 e. The van der Waals surface area contributed by atoms with Crippen LogP contribution in [0.2, 0.25) is 0 Å². The zero-order valence-corrected chi connectivity index (χ0v) is 18.5. The van der Waals surface area contributed by atoms with Crippen molar-refractivity contribution in [3.05, 3.63) is 59.7 Å². The molecule has 1 aliphatic carbocycles. The van der Waals surface area contributed by atoms with Gasteiger partial charge >= 0.3 is 6.09 Å². The summed E-state index contributed by atoms with van der Waals surface area (Å²) in [5.74, 6) is 1.34. The Balaban J connectivity index is 1.53. The molecule has 162 valence electrons. The summed E-state index contributed by atoms with van der Waals surface area (Å²) in [4.78, 5) is 25.3. The molecule has 6 nitrogen and oxygen atoms in total. The Morgan fingerprint density at radius 3 is 2.84 bits per heavy atom. The van der Waals surface area contributed by atoms with Crippen LogP contribution in [0.1, 0.15) is 63.2 Å². The van der Waals surface area contributed by atoms with Crippen molar-refractivity contribution in [2.24, 2.45) is 5.92 Å². The van der Waals surface area contributed by atoms with Crippen LogP contribution in [0.5, 0.6) is 0 Å². The number of imidazole rings is 1. The van der Waals surface area contributed by atoms with E-state index in [0.29, 0.717) is 12.5 Å². The van der Waals surface area contributed by atoms with Gasteiger partial charge in [-0.15, -0.1) is 0 Å². The highest BCUT2D eigenvalue weighted by Crippen LogP contribution is 2.43. The lowest BCUT2D eigenvalue weighted by Crippen LogP contribution is -2.42. The third-order valence-electron chi connectivity index (χ3n) is 6.40. The Kier molecular flexibility index (Phi) is 5.05. The fourth-order valence-electron chi connectivity index (χ4n) is 5.17. The van der Waals surface area contributed by atoms with Crippen LogP contribution in [0, 0.1) is 5.92 Å². The molecule has 0 radical (unpaired) electrons. The highest BCUT2D eigenvalue weighted by Gasteiger charge is 2.38. The number of aromatic nitrogens is 3. The van der Waals surface area contributed by atoms with Crippen LogP contribution < -0.4 is 0 Å². The number of nitrogens with zero attached hydrogens (tertiary/aromatic N) is 4. The summed E-state index contributed by atoms with van der Waals surface area (Å²) in [5.41, 5.74) is 3.61. The second kappa shape index (κ2) is 7.75. The number of piperidine rings is 1. The van der Waals surface area contributed by atoms with Crippen LogP contribution >= 0.6 is 0 Å². The van der Waals surface area contributed by atoms with E-state index < -0.39 is 5.60 Å². The predicted octanol–water partition coefficient (Wildman–Crippen LogP) is 5.11. The predicted molar refractivity (Wildman–Crippen MR) is 120 cm³/mol. The molecular weight excluding hydrogens is 388 g/mol. The highest BCUT2D eigenvalue weighted by molar-refractivity contribution is 5.87. The molecule has 2 aromatic heterocycles. The summed E-state index contributed by atoms with van der Waals surface area (Å²) in [6.45, 7) is 7.26. The van der Waals surface area contributed by atoms with Crippen molar-refractivity contribution in [2.45, 2.75) is 64.6 Å². The number of fused-ring (bicyclic) bond motifs is 4. The van der Waals surface area contributed by atoms with Crippen LogP contribution in [0.15, 0.2) is 42.6 Å². The number of carbonyl (C=O) groups excluding carboxylic acids is 1. The number of rotatable bonds is 2. The number of likely N-dealkylation sites (tertiary alicyclic amines) is 1. The standard InChI is InChI=1S/C25H30N4O2/c1-25(2,3)31-24(30)29-20-11-5-4-10-19(20)27-21(29)16-28-15-7-9-18-13-12-17-8-6-14-26-22(17)23(18)28/h4-6,8,10-11,14,18,23H,7,9,12-13,15-16H2,1-3H3/t18-,23-/m1/s1. The van der Waals surface area contributed by atoms with Crippen molar-refractivity contribution in [3.63, 3.8) is 0 Å². The van der Waals surface area contributed by atoms with Gasteiger partial charge in [0.05, 0.1) is 29.3 Å². The van der Waals surface area contributed by atoms with Gasteiger partial charge in [0.15, 0.2) is 0 Å². The number of hydrogen-bond acceptors (Lipinski definition) is 5. The number of carbonyl (C=O) groups is 1. The fraction of sp³-hybridized carbons (Fsp3) is 0.480. The summed E-state index contributed by atoms with van der Waals surface area (Å²) < 4.78 is 7.40. The van der Waals surface area contributed by atoms with Gasteiger partial charge in [0.2, 0.25) is 0 Å². The molecule has 31 heavy (non-hydrogen) atoms. The van der Waals surface area contributed by atoms with Crippen molar-refractivity contribution in [1.29, 1.82) is 0 Å². The molecule has 0 bridgehead atoms. The minimum atomic E-state index is -0.567. The first kappa shape index (κ1) is 20.2. The van der Waals surface area contributed by atoms with E-state index in [0.717, 1.165) is 36.2 Å². The van der Waals surface area contributed by atoms with E-state index in [2.05, 4.69) is 11.0 Å². The molecule has 3 aromatic rings. The summed E-state index contributed by atoms with van der Waals surface area (Å²) in [6, 6.07) is 12.3. The molecule has 6 heteroatoms. The molecule has 3 heterocycles. The maximum Gasteiger partial charge on any atom is 0.420 e. The van der Waals surface area contributed by atoms with Crippen LogP contribution in [0.3, 0.4) is 0 Å². The lowest BCUT2D eigenvalue weighted by molar-refractivity contribution is 0.0497. The molecule has 1 aliphatic heterocycles. The molecule has 0 saturated carbocycles. The third-order valence-corrected chi connectivity index (χ3v) is 6.40. The summed E-state index contributed by atoms with van der Waals surface area (Å²) in [5, 5.41) is 0. The quantitative estimate of drug-likeness (QED) is 0.578. The van der Waals surface area contributed by atoms with Gasteiger partial charge in [0.1, 0.15) is 11.4 Å². The number of pyridine rings is 1. The van der Waals surface area contributed by atoms with E-state index in [1.54, 1.807) is 4.57 Å². The van der Waals surface area contributed by atoms with E-state index in [9.17, 15) is 4.79 Å². The summed E-state index contributed by atoms with van der Waals surface area (Å²) in [6.07, 6.45) is 6.24. The zero-order valence-electron chi connectivity index (χ0n) is 18.5. The molecular formula is C25H30N4O2. The van der Waals surface area contributed by atoms with Gasteiger partial charge in [0.25, 0.3) is 0 Å². The molecule has 1 aromatic carbocycles. The Labute approximate surface area is 183 Å². The number of ether oxygens (including phenoxy) is 1. The average Bonchev–Trinajstić information content (AvgIpc) is 3.10. The van der Waals surface area contributed by atoms with Crippen LogP contribution in [-0.2, 0) is 17.7 Å². The molecule has 0 N–H and O–H groups in total. The van der Waals surface area contributed by atoms with E-state index in [-0.39, 0.29) is 12.1 Å². The van der Waals surface area contributed by atoms with Crippen molar-refractivity contribution < 1.29 is 9.53 Å². The van der Waals surface area contributed by atoms with Crippen molar-refractivity contribution in [3.8, 4) is 0 Å². The molecule has 2 atom stereocenters. The minimum Gasteiger partial charge on any atom is -0.443 e. The Morgan fingerprint density at radius 1 is 1.16 bits per heavy atom. The number of benzene rings is 1. The Bertz CT molecular complexity index is 1110. The van der Waals surface area contributed by atoms with Crippen molar-refractivity contribution in [2.75, 3.05) is 6.54 Å².